The summed E-state index contributed by atoms with van der Waals surface area (Å²) in [4.78, 5) is 14.7. The molecule has 0 radical (unpaired) electrons. The van der Waals surface area contributed by atoms with Crippen LogP contribution in [0.3, 0.4) is 0 Å². The number of piperidine rings is 1. The summed E-state index contributed by atoms with van der Waals surface area (Å²) in [7, 11) is 0. The van der Waals surface area contributed by atoms with Crippen molar-refractivity contribution >= 4 is 5.97 Å². The van der Waals surface area contributed by atoms with E-state index in [1.54, 1.807) is 0 Å². The number of carbonyl (C=O) groups excluding carboxylic acids is 1. The lowest BCUT2D eigenvalue weighted by atomic mass is 9.80. The lowest BCUT2D eigenvalue weighted by Crippen LogP contribution is -2.53. The summed E-state index contributed by atoms with van der Waals surface area (Å²) in [6.45, 7) is 5.79. The molecule has 0 amide bonds. The third-order valence-electron chi connectivity index (χ3n) is 4.92. The zero-order valence-corrected chi connectivity index (χ0v) is 12.6. The Kier molecular flexibility index (Phi) is 5.68. The van der Waals surface area contributed by atoms with Crippen molar-refractivity contribution < 1.29 is 9.53 Å². The molecule has 1 saturated heterocycles. The van der Waals surface area contributed by atoms with Gasteiger partial charge in [0, 0.05) is 6.04 Å². The van der Waals surface area contributed by atoms with E-state index in [0.29, 0.717) is 12.6 Å². The quantitative estimate of drug-likeness (QED) is 0.731. The Morgan fingerprint density at radius 2 is 1.84 bits per heavy atom. The standard InChI is InChI=1S/C16H29NO2/c1-3-13-9-5-6-10-14(13)17-12-8-7-11-15(17)16(18)19-4-2/h13-15H,3-12H2,1-2H3. The minimum atomic E-state index is 0.0163. The van der Waals surface area contributed by atoms with Gasteiger partial charge in [0.1, 0.15) is 6.04 Å². The largest absolute Gasteiger partial charge is 0.465 e. The summed E-state index contributed by atoms with van der Waals surface area (Å²) in [6.07, 6.45) is 9.95. The van der Waals surface area contributed by atoms with Crippen molar-refractivity contribution in [1.82, 2.24) is 4.90 Å². The van der Waals surface area contributed by atoms with Crippen molar-refractivity contribution in [3.63, 3.8) is 0 Å². The first-order valence-corrected chi connectivity index (χ1v) is 8.20. The minimum absolute atomic E-state index is 0.0163. The normalized spacial score (nSPS) is 33.1. The van der Waals surface area contributed by atoms with Gasteiger partial charge in [-0.2, -0.15) is 0 Å². The van der Waals surface area contributed by atoms with Gasteiger partial charge in [0.05, 0.1) is 6.61 Å². The number of nitrogens with zero attached hydrogens (tertiary/aromatic N) is 1. The molecule has 2 fully saturated rings. The van der Waals surface area contributed by atoms with Gasteiger partial charge in [0.2, 0.25) is 0 Å². The highest BCUT2D eigenvalue weighted by Gasteiger charge is 2.38. The fraction of sp³-hybridized carbons (Fsp3) is 0.938. The van der Waals surface area contributed by atoms with E-state index >= 15 is 0 Å². The number of hydrogen-bond acceptors (Lipinski definition) is 3. The number of carbonyl (C=O) groups is 1. The van der Waals surface area contributed by atoms with Gasteiger partial charge in [-0.05, 0) is 45.1 Å². The third kappa shape index (κ3) is 3.50. The molecule has 1 aliphatic carbocycles. The van der Waals surface area contributed by atoms with Crippen LogP contribution in [0, 0.1) is 5.92 Å². The van der Waals surface area contributed by atoms with Crippen LogP contribution in [-0.2, 0) is 9.53 Å². The van der Waals surface area contributed by atoms with E-state index in [2.05, 4.69) is 11.8 Å². The van der Waals surface area contributed by atoms with Gasteiger partial charge in [0.25, 0.3) is 0 Å². The summed E-state index contributed by atoms with van der Waals surface area (Å²) < 4.78 is 5.29. The van der Waals surface area contributed by atoms with E-state index in [1.807, 2.05) is 6.92 Å². The Labute approximate surface area is 117 Å². The van der Waals surface area contributed by atoms with Gasteiger partial charge in [-0.1, -0.05) is 32.6 Å². The van der Waals surface area contributed by atoms with E-state index in [0.717, 1.165) is 18.9 Å². The summed E-state index contributed by atoms with van der Waals surface area (Å²) in [6, 6.07) is 0.652. The van der Waals surface area contributed by atoms with E-state index in [-0.39, 0.29) is 12.0 Å². The first-order chi connectivity index (χ1) is 9.27. The molecule has 110 valence electrons. The maximum absolute atomic E-state index is 12.2. The second-order valence-corrected chi connectivity index (χ2v) is 6.02. The van der Waals surface area contributed by atoms with Gasteiger partial charge < -0.3 is 4.74 Å². The molecule has 0 bridgehead atoms. The van der Waals surface area contributed by atoms with E-state index in [1.165, 1.54) is 44.9 Å². The summed E-state index contributed by atoms with van der Waals surface area (Å²) in [5.41, 5.74) is 0. The number of esters is 1. The molecule has 2 rings (SSSR count). The van der Waals surface area contributed by atoms with Crippen molar-refractivity contribution in [2.45, 2.75) is 77.3 Å². The van der Waals surface area contributed by atoms with Gasteiger partial charge in [-0.25, -0.2) is 0 Å². The smallest absolute Gasteiger partial charge is 0.323 e. The molecule has 1 aliphatic heterocycles. The third-order valence-corrected chi connectivity index (χ3v) is 4.92. The number of likely N-dealkylation sites (tertiary alicyclic amines) is 1. The SMILES string of the molecule is CCOC(=O)C1CCCCN1C1CCCCC1CC. The van der Waals surface area contributed by atoms with E-state index in [4.69, 9.17) is 4.74 Å². The molecule has 1 saturated carbocycles. The molecule has 0 aromatic heterocycles. The Morgan fingerprint density at radius 1 is 1.11 bits per heavy atom. The van der Waals surface area contributed by atoms with E-state index < -0.39 is 0 Å². The highest BCUT2D eigenvalue weighted by Crippen LogP contribution is 2.34. The lowest BCUT2D eigenvalue weighted by molar-refractivity contribution is -0.153. The zero-order valence-electron chi connectivity index (χ0n) is 12.6. The van der Waals surface area contributed by atoms with Crippen molar-refractivity contribution in [2.24, 2.45) is 5.92 Å². The minimum Gasteiger partial charge on any atom is -0.465 e. The molecule has 0 spiro atoms. The van der Waals surface area contributed by atoms with Crippen LogP contribution in [0.25, 0.3) is 0 Å². The molecule has 0 N–H and O–H groups in total. The predicted molar refractivity (Wildman–Crippen MR) is 77.0 cm³/mol. The Bertz CT molecular complexity index is 292. The van der Waals surface area contributed by atoms with E-state index in [9.17, 15) is 4.79 Å². The Balaban J connectivity index is 2.06. The molecule has 3 atom stereocenters. The van der Waals surface area contributed by atoms with Crippen LogP contribution in [0.1, 0.15) is 65.2 Å². The first kappa shape index (κ1) is 14.8. The molecular formula is C16H29NO2. The van der Waals surface area contributed by atoms with Crippen LogP contribution in [0.5, 0.6) is 0 Å². The molecule has 3 nitrogen and oxygen atoms in total. The summed E-state index contributed by atoms with van der Waals surface area (Å²) in [5, 5.41) is 0. The average Bonchev–Trinajstić information content (AvgIpc) is 2.47. The molecule has 1 heterocycles. The van der Waals surface area contributed by atoms with Gasteiger partial charge in [-0.15, -0.1) is 0 Å². The topological polar surface area (TPSA) is 29.5 Å². The monoisotopic (exact) mass is 267 g/mol. The van der Waals surface area contributed by atoms with Crippen LogP contribution < -0.4 is 0 Å². The van der Waals surface area contributed by atoms with Crippen LogP contribution in [-0.4, -0.2) is 36.1 Å². The molecule has 0 aromatic carbocycles. The van der Waals surface area contributed by atoms with Crippen molar-refractivity contribution in [2.75, 3.05) is 13.2 Å². The highest BCUT2D eigenvalue weighted by molar-refractivity contribution is 5.76. The number of ether oxygens (including phenoxy) is 1. The molecule has 19 heavy (non-hydrogen) atoms. The Morgan fingerprint density at radius 3 is 2.58 bits per heavy atom. The first-order valence-electron chi connectivity index (χ1n) is 8.20. The highest BCUT2D eigenvalue weighted by atomic mass is 16.5. The van der Waals surface area contributed by atoms with Gasteiger partial charge in [-0.3, -0.25) is 9.69 Å². The maximum Gasteiger partial charge on any atom is 0.323 e. The second kappa shape index (κ2) is 7.28. The Hall–Kier alpha value is -0.570. The van der Waals surface area contributed by atoms with Crippen LogP contribution in [0.15, 0.2) is 0 Å². The van der Waals surface area contributed by atoms with Gasteiger partial charge in [0.15, 0.2) is 0 Å². The molecule has 2 aliphatic rings. The summed E-state index contributed by atoms with van der Waals surface area (Å²) in [5.74, 6) is 0.798. The molecule has 0 aromatic rings. The van der Waals surface area contributed by atoms with Crippen LogP contribution >= 0.6 is 0 Å². The van der Waals surface area contributed by atoms with Crippen LogP contribution in [0.2, 0.25) is 0 Å². The fourth-order valence-electron chi connectivity index (χ4n) is 3.94. The van der Waals surface area contributed by atoms with Crippen molar-refractivity contribution in [3.8, 4) is 0 Å². The number of hydrogen-bond donors (Lipinski definition) is 0. The predicted octanol–water partition coefficient (Wildman–Crippen LogP) is 3.37. The lowest BCUT2D eigenvalue weighted by Gasteiger charge is -2.45. The fourth-order valence-corrected chi connectivity index (χ4v) is 3.94. The zero-order chi connectivity index (χ0) is 13.7. The van der Waals surface area contributed by atoms with Crippen molar-refractivity contribution in [1.29, 1.82) is 0 Å². The molecule has 3 heteroatoms. The van der Waals surface area contributed by atoms with Crippen molar-refractivity contribution in [3.05, 3.63) is 0 Å². The second-order valence-electron chi connectivity index (χ2n) is 6.02. The average molecular weight is 267 g/mol. The molecule has 3 unspecified atom stereocenters. The maximum atomic E-state index is 12.2. The number of rotatable bonds is 4. The van der Waals surface area contributed by atoms with Crippen LogP contribution in [0.4, 0.5) is 0 Å². The molecular weight excluding hydrogens is 238 g/mol. The van der Waals surface area contributed by atoms with Gasteiger partial charge >= 0.3 is 5.97 Å². The summed E-state index contributed by atoms with van der Waals surface area (Å²) >= 11 is 0.